The largest absolute Gasteiger partial charge is 0.456 e. The van der Waals surface area contributed by atoms with Gasteiger partial charge in [-0.3, -0.25) is 4.79 Å². The van der Waals surface area contributed by atoms with E-state index in [9.17, 15) is 4.79 Å². The number of aryl methyl sites for hydroxylation is 1. The van der Waals surface area contributed by atoms with Crippen molar-refractivity contribution < 1.29 is 9.21 Å². The minimum Gasteiger partial charge on any atom is -0.456 e. The number of nitrogens with zero attached hydrogens (tertiary/aromatic N) is 1. The van der Waals surface area contributed by atoms with Crippen molar-refractivity contribution >= 4 is 5.91 Å². The third-order valence-electron chi connectivity index (χ3n) is 3.29. The lowest BCUT2D eigenvalue weighted by Gasteiger charge is -2.14. The summed E-state index contributed by atoms with van der Waals surface area (Å²) in [4.78, 5) is 14.0. The molecule has 4 heteroatoms. The average Bonchev–Trinajstić information content (AvgIpc) is 2.97. The number of likely N-dealkylation sites (tertiary alicyclic amines) is 1. The first kappa shape index (κ1) is 12.2. The molecule has 2 heterocycles. The summed E-state index contributed by atoms with van der Waals surface area (Å²) in [6.07, 6.45) is 1.91. The Bertz CT molecular complexity index is 387. The average molecular weight is 236 g/mol. The molecule has 4 nitrogen and oxygen atoms in total. The summed E-state index contributed by atoms with van der Waals surface area (Å²) < 4.78 is 5.50. The van der Waals surface area contributed by atoms with Gasteiger partial charge >= 0.3 is 0 Å². The van der Waals surface area contributed by atoms with E-state index in [1.807, 2.05) is 24.9 Å². The number of amides is 1. The van der Waals surface area contributed by atoms with Gasteiger partial charge in [-0.1, -0.05) is 6.92 Å². The Morgan fingerprint density at radius 1 is 1.59 bits per heavy atom. The fraction of sp³-hybridized carbons (Fsp3) is 0.615. The normalized spacial score (nSPS) is 19.9. The molecule has 1 aliphatic rings. The van der Waals surface area contributed by atoms with Crippen molar-refractivity contribution in [2.45, 2.75) is 19.8 Å². The molecule has 1 aliphatic heterocycles. The van der Waals surface area contributed by atoms with Crippen LogP contribution in [-0.2, 0) is 6.42 Å². The molecular weight excluding hydrogens is 216 g/mol. The van der Waals surface area contributed by atoms with Gasteiger partial charge in [-0.25, -0.2) is 0 Å². The number of carbonyl (C=O) groups is 1. The summed E-state index contributed by atoms with van der Waals surface area (Å²) in [5.74, 6) is 1.96. The van der Waals surface area contributed by atoms with E-state index in [0.717, 1.165) is 38.2 Å². The first-order valence-corrected chi connectivity index (χ1v) is 6.27. The van der Waals surface area contributed by atoms with Crippen molar-refractivity contribution in [3.63, 3.8) is 0 Å². The van der Waals surface area contributed by atoms with Crippen molar-refractivity contribution in [3.8, 4) is 0 Å². The Kier molecular flexibility index (Phi) is 3.84. The molecule has 2 rings (SSSR count). The van der Waals surface area contributed by atoms with E-state index in [2.05, 4.69) is 5.32 Å². The Balaban J connectivity index is 1.96. The highest BCUT2D eigenvalue weighted by Gasteiger charge is 2.27. The van der Waals surface area contributed by atoms with E-state index >= 15 is 0 Å². The number of furan rings is 1. The zero-order chi connectivity index (χ0) is 12.3. The van der Waals surface area contributed by atoms with Crippen LogP contribution in [-0.4, -0.2) is 37.5 Å². The molecule has 1 aromatic rings. The lowest BCUT2D eigenvalue weighted by molar-refractivity contribution is 0.0754. The third kappa shape index (κ3) is 2.69. The van der Waals surface area contributed by atoms with Crippen LogP contribution in [0, 0.1) is 5.92 Å². The standard InChI is InChI=1S/C13H20N2O2/c1-3-11-4-5-12(17-11)13(16)15-7-6-10(9-15)8-14-2/h4-5,10,14H,3,6-9H2,1-2H3/t10-/m1/s1. The van der Waals surface area contributed by atoms with E-state index in [0.29, 0.717) is 11.7 Å². The van der Waals surface area contributed by atoms with Crippen molar-refractivity contribution in [1.29, 1.82) is 0 Å². The maximum Gasteiger partial charge on any atom is 0.289 e. The molecule has 1 fully saturated rings. The lowest BCUT2D eigenvalue weighted by atomic mass is 10.1. The minimum absolute atomic E-state index is 0.0308. The summed E-state index contributed by atoms with van der Waals surface area (Å²) in [5.41, 5.74) is 0. The van der Waals surface area contributed by atoms with Crippen molar-refractivity contribution in [2.24, 2.45) is 5.92 Å². The predicted octanol–water partition coefficient (Wildman–Crippen LogP) is 1.52. The maximum absolute atomic E-state index is 12.1. The van der Waals surface area contributed by atoms with E-state index in [1.165, 1.54) is 0 Å². The van der Waals surface area contributed by atoms with Crippen LogP contribution >= 0.6 is 0 Å². The molecule has 0 radical (unpaired) electrons. The molecule has 17 heavy (non-hydrogen) atoms. The molecule has 0 aliphatic carbocycles. The smallest absolute Gasteiger partial charge is 0.289 e. The van der Waals surface area contributed by atoms with Crippen LogP contribution in [0.4, 0.5) is 0 Å². The van der Waals surface area contributed by atoms with Gasteiger partial charge in [0.15, 0.2) is 5.76 Å². The highest BCUT2D eigenvalue weighted by Crippen LogP contribution is 2.19. The van der Waals surface area contributed by atoms with E-state index in [4.69, 9.17) is 4.42 Å². The number of hydrogen-bond acceptors (Lipinski definition) is 3. The van der Waals surface area contributed by atoms with Gasteiger partial charge in [0, 0.05) is 19.5 Å². The van der Waals surface area contributed by atoms with Crippen molar-refractivity contribution in [3.05, 3.63) is 23.7 Å². The molecule has 0 spiro atoms. The SMILES string of the molecule is CCc1ccc(C(=O)N2CC[C@H](CNC)C2)o1. The highest BCUT2D eigenvalue weighted by molar-refractivity contribution is 5.91. The van der Waals surface area contributed by atoms with Gasteiger partial charge in [-0.05, 0) is 38.1 Å². The van der Waals surface area contributed by atoms with Crippen LogP contribution in [0.5, 0.6) is 0 Å². The summed E-state index contributed by atoms with van der Waals surface area (Å²) >= 11 is 0. The van der Waals surface area contributed by atoms with Crippen LogP contribution in [0.15, 0.2) is 16.5 Å². The molecule has 0 unspecified atom stereocenters. The third-order valence-corrected chi connectivity index (χ3v) is 3.29. The van der Waals surface area contributed by atoms with Crippen LogP contribution in [0.1, 0.15) is 29.7 Å². The van der Waals surface area contributed by atoms with Gasteiger partial charge in [0.1, 0.15) is 5.76 Å². The molecule has 1 amide bonds. The molecule has 0 saturated carbocycles. The Morgan fingerprint density at radius 2 is 2.41 bits per heavy atom. The van der Waals surface area contributed by atoms with Gasteiger partial charge in [0.25, 0.3) is 5.91 Å². The number of nitrogens with one attached hydrogen (secondary N) is 1. The first-order chi connectivity index (χ1) is 8.24. The van der Waals surface area contributed by atoms with Gasteiger partial charge in [0.05, 0.1) is 0 Å². The summed E-state index contributed by atoms with van der Waals surface area (Å²) in [6.45, 7) is 4.67. The Labute approximate surface area is 102 Å². The molecular formula is C13H20N2O2. The fourth-order valence-electron chi connectivity index (χ4n) is 2.31. The van der Waals surface area contributed by atoms with E-state index < -0.39 is 0 Å². The lowest BCUT2D eigenvalue weighted by Crippen LogP contribution is -2.30. The molecule has 1 saturated heterocycles. The topological polar surface area (TPSA) is 45.5 Å². The minimum atomic E-state index is 0.0308. The van der Waals surface area contributed by atoms with Gasteiger partial charge in [0.2, 0.25) is 0 Å². The monoisotopic (exact) mass is 236 g/mol. The molecule has 1 N–H and O–H groups in total. The van der Waals surface area contributed by atoms with Gasteiger partial charge in [-0.15, -0.1) is 0 Å². The highest BCUT2D eigenvalue weighted by atomic mass is 16.4. The van der Waals surface area contributed by atoms with Gasteiger partial charge in [-0.2, -0.15) is 0 Å². The molecule has 0 bridgehead atoms. The Hall–Kier alpha value is -1.29. The first-order valence-electron chi connectivity index (χ1n) is 6.27. The quantitative estimate of drug-likeness (QED) is 0.862. The summed E-state index contributed by atoms with van der Waals surface area (Å²) in [5, 5.41) is 3.16. The van der Waals surface area contributed by atoms with Gasteiger partial charge < -0.3 is 14.6 Å². The summed E-state index contributed by atoms with van der Waals surface area (Å²) in [7, 11) is 1.95. The van der Waals surface area contributed by atoms with Crippen LogP contribution in [0.25, 0.3) is 0 Å². The van der Waals surface area contributed by atoms with Crippen molar-refractivity contribution in [1.82, 2.24) is 10.2 Å². The van der Waals surface area contributed by atoms with Crippen LogP contribution in [0.2, 0.25) is 0 Å². The fourth-order valence-corrected chi connectivity index (χ4v) is 2.31. The van der Waals surface area contributed by atoms with Crippen molar-refractivity contribution in [2.75, 3.05) is 26.7 Å². The van der Waals surface area contributed by atoms with E-state index in [1.54, 1.807) is 6.07 Å². The van der Waals surface area contributed by atoms with E-state index in [-0.39, 0.29) is 5.91 Å². The predicted molar refractivity (Wildman–Crippen MR) is 66.0 cm³/mol. The molecule has 1 aromatic heterocycles. The number of rotatable bonds is 4. The zero-order valence-electron chi connectivity index (χ0n) is 10.5. The number of carbonyl (C=O) groups excluding carboxylic acids is 1. The van der Waals surface area contributed by atoms with Crippen LogP contribution < -0.4 is 5.32 Å². The molecule has 94 valence electrons. The molecule has 1 atom stereocenters. The summed E-state index contributed by atoms with van der Waals surface area (Å²) in [6, 6.07) is 3.67. The second-order valence-electron chi connectivity index (χ2n) is 4.58. The zero-order valence-corrected chi connectivity index (χ0v) is 10.5. The maximum atomic E-state index is 12.1. The second-order valence-corrected chi connectivity index (χ2v) is 4.58. The Morgan fingerprint density at radius 3 is 3.06 bits per heavy atom. The molecule has 0 aromatic carbocycles. The van der Waals surface area contributed by atoms with Crippen LogP contribution in [0.3, 0.4) is 0 Å². The second kappa shape index (κ2) is 5.36. The number of hydrogen-bond donors (Lipinski definition) is 1.